The summed E-state index contributed by atoms with van der Waals surface area (Å²) in [4.78, 5) is 1.07. The van der Waals surface area contributed by atoms with E-state index in [0.29, 0.717) is 11.5 Å². The molecule has 20 heavy (non-hydrogen) atoms. The number of halogens is 3. The van der Waals surface area contributed by atoms with E-state index in [2.05, 4.69) is 31.9 Å². The predicted molar refractivity (Wildman–Crippen MR) is 91.7 cm³/mol. The molecule has 1 aromatic carbocycles. The number of aryl methyl sites for hydroxylation is 1. The summed E-state index contributed by atoms with van der Waals surface area (Å²) in [6.45, 7) is 2.02. The molecule has 0 saturated heterocycles. The Labute approximate surface area is 144 Å². The molecule has 0 spiro atoms. The van der Waals surface area contributed by atoms with Crippen LogP contribution >= 0.6 is 54.8 Å². The third-order valence-electron chi connectivity index (χ3n) is 2.96. The third kappa shape index (κ3) is 3.16. The molecule has 0 radical (unpaired) electrons. The van der Waals surface area contributed by atoms with Gasteiger partial charge in [-0.25, -0.2) is 0 Å². The second kappa shape index (κ2) is 6.69. The molecule has 1 heterocycles. The van der Waals surface area contributed by atoms with Gasteiger partial charge in [0.2, 0.25) is 0 Å². The molecule has 0 fully saturated rings. The molecule has 0 N–H and O–H groups in total. The van der Waals surface area contributed by atoms with Gasteiger partial charge in [-0.2, -0.15) is 0 Å². The van der Waals surface area contributed by atoms with Crippen LogP contribution in [0.2, 0.25) is 0 Å². The number of hydrogen-bond acceptors (Lipinski definition) is 3. The first-order valence-corrected chi connectivity index (χ1v) is 8.63. The lowest BCUT2D eigenvalue weighted by Crippen LogP contribution is -1.98. The molecule has 1 atom stereocenters. The van der Waals surface area contributed by atoms with Crippen LogP contribution in [0.1, 0.15) is 21.4 Å². The Hall–Kier alpha value is -0.230. The van der Waals surface area contributed by atoms with Gasteiger partial charge < -0.3 is 9.47 Å². The zero-order chi connectivity index (χ0) is 14.9. The van der Waals surface area contributed by atoms with E-state index in [0.717, 1.165) is 24.3 Å². The van der Waals surface area contributed by atoms with Crippen molar-refractivity contribution in [3.05, 3.63) is 42.5 Å². The molecule has 1 aromatic heterocycles. The fourth-order valence-electron chi connectivity index (χ4n) is 1.91. The highest BCUT2D eigenvalue weighted by Gasteiger charge is 2.19. The number of hydrogen-bond donors (Lipinski definition) is 0. The molecule has 2 rings (SSSR count). The maximum Gasteiger partial charge on any atom is 0.161 e. The van der Waals surface area contributed by atoms with Crippen LogP contribution in [0.15, 0.2) is 26.5 Å². The average Bonchev–Trinajstić information content (AvgIpc) is 2.77. The third-order valence-corrected chi connectivity index (χ3v) is 6.88. The number of rotatable bonds is 4. The summed E-state index contributed by atoms with van der Waals surface area (Å²) in [5.74, 6) is 1.40. The fourth-order valence-corrected chi connectivity index (χ4v) is 4.43. The molecule has 0 amide bonds. The lowest BCUT2D eigenvalue weighted by atomic mass is 10.0. The molecular weight excluding hydrogens is 427 g/mol. The Morgan fingerprint density at radius 2 is 1.70 bits per heavy atom. The van der Waals surface area contributed by atoms with Gasteiger partial charge in [0.1, 0.15) is 0 Å². The molecule has 2 aromatic rings. The topological polar surface area (TPSA) is 18.5 Å². The molecule has 0 aliphatic rings. The number of methoxy groups -OCH3 is 2. The maximum absolute atomic E-state index is 6.62. The Morgan fingerprint density at radius 1 is 1.10 bits per heavy atom. The molecule has 0 aliphatic carbocycles. The van der Waals surface area contributed by atoms with Gasteiger partial charge in [-0.05, 0) is 68.1 Å². The summed E-state index contributed by atoms with van der Waals surface area (Å²) in [6, 6.07) is 5.91. The highest BCUT2D eigenvalue weighted by Crippen LogP contribution is 2.43. The van der Waals surface area contributed by atoms with Crippen molar-refractivity contribution in [1.82, 2.24) is 0 Å². The Kier molecular flexibility index (Phi) is 5.40. The quantitative estimate of drug-likeness (QED) is 0.549. The van der Waals surface area contributed by atoms with E-state index in [9.17, 15) is 0 Å². The van der Waals surface area contributed by atoms with E-state index in [1.54, 1.807) is 25.6 Å². The van der Waals surface area contributed by atoms with Crippen molar-refractivity contribution in [1.29, 1.82) is 0 Å². The van der Waals surface area contributed by atoms with Crippen molar-refractivity contribution < 1.29 is 9.47 Å². The second-order valence-corrected chi connectivity index (χ2v) is 7.89. The highest BCUT2D eigenvalue weighted by atomic mass is 79.9. The molecular formula is C14H13Br2ClO2S. The number of ether oxygens (including phenoxy) is 2. The van der Waals surface area contributed by atoms with Crippen LogP contribution in [0.3, 0.4) is 0 Å². The van der Waals surface area contributed by atoms with E-state index in [-0.39, 0.29) is 5.38 Å². The Morgan fingerprint density at radius 3 is 2.20 bits per heavy atom. The summed E-state index contributed by atoms with van der Waals surface area (Å²) in [5, 5.41) is -0.220. The van der Waals surface area contributed by atoms with Gasteiger partial charge in [0.25, 0.3) is 0 Å². The molecule has 2 nitrogen and oxygen atoms in total. The summed E-state index contributed by atoms with van der Waals surface area (Å²) in [5.41, 5.74) is 2.09. The van der Waals surface area contributed by atoms with E-state index < -0.39 is 0 Å². The van der Waals surface area contributed by atoms with Crippen LogP contribution in [0.5, 0.6) is 11.5 Å². The van der Waals surface area contributed by atoms with Gasteiger partial charge in [0.05, 0.1) is 23.4 Å². The average molecular weight is 441 g/mol. The molecule has 0 bridgehead atoms. The van der Waals surface area contributed by atoms with Crippen molar-refractivity contribution in [3.8, 4) is 11.5 Å². The standard InChI is InChI=1S/C14H13Br2ClO2S/c1-7-4-10(18-2)11(19-3)5-8(7)13(17)12-6-9(15)14(16)20-12/h4-6,13H,1-3H3. The van der Waals surface area contributed by atoms with Gasteiger partial charge in [-0.15, -0.1) is 22.9 Å². The Balaban J connectivity index is 2.46. The smallest absolute Gasteiger partial charge is 0.161 e. The fraction of sp³-hybridized carbons (Fsp3) is 0.286. The minimum Gasteiger partial charge on any atom is -0.493 e. The Bertz CT molecular complexity index is 608. The molecule has 108 valence electrons. The number of alkyl halides is 1. The summed E-state index contributed by atoms with van der Waals surface area (Å²) in [7, 11) is 3.25. The van der Waals surface area contributed by atoms with E-state index in [1.165, 1.54) is 0 Å². The van der Waals surface area contributed by atoms with Gasteiger partial charge in [0.15, 0.2) is 11.5 Å². The minimum absolute atomic E-state index is 0.220. The van der Waals surface area contributed by atoms with Gasteiger partial charge in [-0.1, -0.05) is 0 Å². The monoisotopic (exact) mass is 438 g/mol. The van der Waals surface area contributed by atoms with E-state index >= 15 is 0 Å². The first-order valence-electron chi connectivity index (χ1n) is 5.79. The first-order chi connectivity index (χ1) is 9.47. The lowest BCUT2D eigenvalue weighted by Gasteiger charge is -2.15. The van der Waals surface area contributed by atoms with Crippen molar-refractivity contribution >= 4 is 54.8 Å². The SMILES string of the molecule is COc1cc(C)c(C(Cl)c2cc(Br)c(Br)s2)cc1OC. The first kappa shape index (κ1) is 16.1. The number of benzene rings is 1. The van der Waals surface area contributed by atoms with Gasteiger partial charge in [0, 0.05) is 9.35 Å². The molecule has 0 aliphatic heterocycles. The molecule has 6 heteroatoms. The van der Waals surface area contributed by atoms with Crippen molar-refractivity contribution in [2.75, 3.05) is 14.2 Å². The summed E-state index contributed by atoms with van der Waals surface area (Å²) >= 11 is 15.2. The summed E-state index contributed by atoms with van der Waals surface area (Å²) in [6.07, 6.45) is 0. The van der Waals surface area contributed by atoms with Crippen LogP contribution < -0.4 is 9.47 Å². The van der Waals surface area contributed by atoms with Gasteiger partial charge in [-0.3, -0.25) is 0 Å². The van der Waals surface area contributed by atoms with Crippen LogP contribution in [0.4, 0.5) is 0 Å². The largest absolute Gasteiger partial charge is 0.493 e. The van der Waals surface area contributed by atoms with Crippen LogP contribution in [0, 0.1) is 6.92 Å². The van der Waals surface area contributed by atoms with Crippen LogP contribution in [-0.4, -0.2) is 14.2 Å². The maximum atomic E-state index is 6.62. The van der Waals surface area contributed by atoms with Gasteiger partial charge >= 0.3 is 0 Å². The number of thiophene rings is 1. The van der Waals surface area contributed by atoms with Crippen LogP contribution in [0.25, 0.3) is 0 Å². The van der Waals surface area contributed by atoms with Crippen molar-refractivity contribution in [2.24, 2.45) is 0 Å². The zero-order valence-electron chi connectivity index (χ0n) is 11.2. The van der Waals surface area contributed by atoms with E-state index in [1.807, 2.05) is 25.1 Å². The second-order valence-electron chi connectivity index (χ2n) is 4.20. The zero-order valence-corrected chi connectivity index (χ0v) is 15.9. The predicted octanol–water partition coefficient (Wildman–Crippen LogP) is 5.93. The van der Waals surface area contributed by atoms with E-state index in [4.69, 9.17) is 21.1 Å². The minimum atomic E-state index is -0.220. The van der Waals surface area contributed by atoms with Crippen LogP contribution in [-0.2, 0) is 0 Å². The summed E-state index contributed by atoms with van der Waals surface area (Å²) < 4.78 is 12.7. The van der Waals surface area contributed by atoms with Crippen molar-refractivity contribution in [3.63, 3.8) is 0 Å². The highest BCUT2D eigenvalue weighted by molar-refractivity contribution is 9.13. The lowest BCUT2D eigenvalue weighted by molar-refractivity contribution is 0.354. The normalized spacial score (nSPS) is 12.3. The molecule has 1 unspecified atom stereocenters. The molecule has 0 saturated carbocycles. The van der Waals surface area contributed by atoms with Crippen molar-refractivity contribution in [2.45, 2.75) is 12.3 Å².